The van der Waals surface area contributed by atoms with Gasteiger partial charge in [0.15, 0.2) is 5.82 Å². The monoisotopic (exact) mass is 353 g/mol. The fourth-order valence-electron chi connectivity index (χ4n) is 3.97. The molecule has 0 bridgehead atoms. The first-order valence-corrected chi connectivity index (χ1v) is 9.22. The van der Waals surface area contributed by atoms with Crippen LogP contribution >= 0.6 is 0 Å². The lowest BCUT2D eigenvalue weighted by atomic mass is 9.84. The van der Waals surface area contributed by atoms with E-state index in [1.54, 1.807) is 22.0 Å². The van der Waals surface area contributed by atoms with Crippen molar-refractivity contribution in [3.63, 3.8) is 0 Å². The number of nitrogens with zero attached hydrogens (tertiary/aromatic N) is 4. The SMILES string of the molecule is Cc1cn(-c2cccnc2)nc1NC(=O)C(=O)N1CC2CCCCCC21. The predicted molar refractivity (Wildman–Crippen MR) is 96.8 cm³/mol. The normalized spacial score (nSPS) is 22.1. The molecular formula is C19H23N5O2. The molecule has 7 nitrogen and oxygen atoms in total. The molecule has 2 aromatic rings. The molecule has 136 valence electrons. The van der Waals surface area contributed by atoms with Gasteiger partial charge in [-0.05, 0) is 37.8 Å². The van der Waals surface area contributed by atoms with Crippen molar-refractivity contribution in [2.24, 2.45) is 5.92 Å². The Labute approximate surface area is 152 Å². The smallest absolute Gasteiger partial charge is 0.315 e. The van der Waals surface area contributed by atoms with Crippen LogP contribution in [-0.4, -0.2) is 44.1 Å². The Bertz CT molecular complexity index is 817. The number of hydrogen-bond donors (Lipinski definition) is 1. The minimum atomic E-state index is -0.604. The molecule has 2 aromatic heterocycles. The number of aryl methyl sites for hydroxylation is 1. The molecule has 2 fully saturated rings. The van der Waals surface area contributed by atoms with E-state index in [1.807, 2.05) is 25.3 Å². The summed E-state index contributed by atoms with van der Waals surface area (Å²) < 4.78 is 1.65. The number of amides is 2. The van der Waals surface area contributed by atoms with E-state index in [9.17, 15) is 9.59 Å². The van der Waals surface area contributed by atoms with Crippen molar-refractivity contribution in [2.75, 3.05) is 11.9 Å². The van der Waals surface area contributed by atoms with Gasteiger partial charge >= 0.3 is 11.8 Å². The van der Waals surface area contributed by atoms with Crippen LogP contribution in [0.15, 0.2) is 30.7 Å². The Morgan fingerprint density at radius 1 is 1.23 bits per heavy atom. The number of aromatic nitrogens is 3. The van der Waals surface area contributed by atoms with E-state index in [2.05, 4.69) is 15.4 Å². The average molecular weight is 353 g/mol. The third kappa shape index (κ3) is 3.09. The molecule has 26 heavy (non-hydrogen) atoms. The van der Waals surface area contributed by atoms with Crippen LogP contribution < -0.4 is 5.32 Å². The summed E-state index contributed by atoms with van der Waals surface area (Å²) in [4.78, 5) is 30.8. The van der Waals surface area contributed by atoms with E-state index in [0.717, 1.165) is 24.1 Å². The summed E-state index contributed by atoms with van der Waals surface area (Å²) in [6.45, 7) is 2.56. The number of fused-ring (bicyclic) bond motifs is 1. The number of carbonyl (C=O) groups is 2. The first-order valence-electron chi connectivity index (χ1n) is 9.22. The van der Waals surface area contributed by atoms with Gasteiger partial charge in [0, 0.05) is 30.5 Å². The second-order valence-electron chi connectivity index (χ2n) is 7.19. The zero-order valence-electron chi connectivity index (χ0n) is 14.9. The Morgan fingerprint density at radius 3 is 2.88 bits per heavy atom. The second kappa shape index (κ2) is 6.90. The highest BCUT2D eigenvalue weighted by Crippen LogP contribution is 2.36. The van der Waals surface area contributed by atoms with E-state index in [1.165, 1.54) is 19.3 Å². The van der Waals surface area contributed by atoms with Crippen molar-refractivity contribution in [3.8, 4) is 5.69 Å². The largest absolute Gasteiger partial charge is 0.331 e. The van der Waals surface area contributed by atoms with Crippen LogP contribution in [0, 0.1) is 12.8 Å². The zero-order valence-corrected chi connectivity index (χ0v) is 14.9. The van der Waals surface area contributed by atoms with Gasteiger partial charge in [0.25, 0.3) is 0 Å². The van der Waals surface area contributed by atoms with E-state index < -0.39 is 11.8 Å². The third-order valence-electron chi connectivity index (χ3n) is 5.45. The first kappa shape index (κ1) is 16.8. The molecule has 0 radical (unpaired) electrons. The molecule has 7 heteroatoms. The summed E-state index contributed by atoms with van der Waals surface area (Å²) in [5, 5.41) is 7.05. The van der Waals surface area contributed by atoms with Crippen LogP contribution in [0.2, 0.25) is 0 Å². The highest BCUT2D eigenvalue weighted by Gasteiger charge is 2.43. The van der Waals surface area contributed by atoms with Crippen LogP contribution in [0.25, 0.3) is 5.69 Å². The maximum Gasteiger partial charge on any atom is 0.315 e. The van der Waals surface area contributed by atoms with Crippen molar-refractivity contribution < 1.29 is 9.59 Å². The molecule has 2 amide bonds. The quantitative estimate of drug-likeness (QED) is 0.840. The van der Waals surface area contributed by atoms with Crippen LogP contribution in [-0.2, 0) is 9.59 Å². The predicted octanol–water partition coefficient (Wildman–Crippen LogP) is 2.31. The molecule has 1 aliphatic carbocycles. The van der Waals surface area contributed by atoms with Gasteiger partial charge < -0.3 is 10.2 Å². The lowest BCUT2D eigenvalue weighted by Crippen LogP contribution is -2.60. The molecule has 1 saturated carbocycles. The fraction of sp³-hybridized carbons (Fsp3) is 0.474. The maximum absolute atomic E-state index is 12.6. The van der Waals surface area contributed by atoms with Gasteiger partial charge in [-0.15, -0.1) is 5.10 Å². The molecular weight excluding hydrogens is 330 g/mol. The van der Waals surface area contributed by atoms with Crippen molar-refractivity contribution >= 4 is 17.6 Å². The van der Waals surface area contributed by atoms with Gasteiger partial charge in [-0.3, -0.25) is 14.6 Å². The lowest BCUT2D eigenvalue weighted by molar-refractivity contribution is -0.152. The van der Waals surface area contributed by atoms with Gasteiger partial charge in [0.05, 0.1) is 11.9 Å². The Hall–Kier alpha value is -2.70. The van der Waals surface area contributed by atoms with Gasteiger partial charge in [-0.25, -0.2) is 4.68 Å². The average Bonchev–Trinajstić information content (AvgIpc) is 2.89. The van der Waals surface area contributed by atoms with Crippen LogP contribution in [0.4, 0.5) is 5.82 Å². The van der Waals surface area contributed by atoms with Gasteiger partial charge in [-0.2, -0.15) is 0 Å². The number of rotatable bonds is 2. The van der Waals surface area contributed by atoms with Crippen molar-refractivity contribution in [1.29, 1.82) is 0 Å². The summed E-state index contributed by atoms with van der Waals surface area (Å²) in [5.74, 6) is -0.0679. The van der Waals surface area contributed by atoms with E-state index in [4.69, 9.17) is 0 Å². The summed E-state index contributed by atoms with van der Waals surface area (Å²) in [7, 11) is 0. The molecule has 2 atom stereocenters. The lowest BCUT2D eigenvalue weighted by Gasteiger charge is -2.47. The van der Waals surface area contributed by atoms with Gasteiger partial charge in [0.2, 0.25) is 0 Å². The zero-order chi connectivity index (χ0) is 18.1. The number of anilines is 1. The summed E-state index contributed by atoms with van der Waals surface area (Å²) >= 11 is 0. The summed E-state index contributed by atoms with van der Waals surface area (Å²) in [6.07, 6.45) is 11.0. The first-order chi connectivity index (χ1) is 12.6. The standard InChI is InChI=1S/C19H23N5O2/c1-13-11-24(15-7-5-9-20-10-15)22-17(13)21-18(25)19(26)23-12-14-6-3-2-4-8-16(14)23/h5,7,9-11,14,16H,2-4,6,8,12H2,1H3,(H,21,22,25). The number of carbonyl (C=O) groups excluding carboxylic acids is 2. The molecule has 2 aliphatic rings. The minimum Gasteiger partial charge on any atom is -0.331 e. The topological polar surface area (TPSA) is 80.1 Å². The summed E-state index contributed by atoms with van der Waals surface area (Å²) in [5.41, 5.74) is 1.59. The molecule has 0 spiro atoms. The molecule has 1 aliphatic heterocycles. The Balaban J connectivity index is 1.43. The Morgan fingerprint density at radius 2 is 2.08 bits per heavy atom. The molecule has 2 unspecified atom stereocenters. The van der Waals surface area contributed by atoms with Crippen LogP contribution in [0.3, 0.4) is 0 Å². The third-order valence-corrected chi connectivity index (χ3v) is 5.45. The minimum absolute atomic E-state index is 0.241. The molecule has 4 rings (SSSR count). The Kier molecular flexibility index (Phi) is 4.44. The van der Waals surface area contributed by atoms with Gasteiger partial charge in [-0.1, -0.05) is 19.3 Å². The number of pyridine rings is 1. The number of hydrogen-bond acceptors (Lipinski definition) is 4. The highest BCUT2D eigenvalue weighted by atomic mass is 16.2. The maximum atomic E-state index is 12.6. The molecule has 1 saturated heterocycles. The van der Waals surface area contributed by atoms with E-state index in [-0.39, 0.29) is 6.04 Å². The van der Waals surface area contributed by atoms with Crippen molar-refractivity contribution in [2.45, 2.75) is 45.1 Å². The van der Waals surface area contributed by atoms with E-state index in [0.29, 0.717) is 18.3 Å². The van der Waals surface area contributed by atoms with Crippen molar-refractivity contribution in [3.05, 3.63) is 36.3 Å². The summed E-state index contributed by atoms with van der Waals surface area (Å²) in [6, 6.07) is 3.94. The highest BCUT2D eigenvalue weighted by molar-refractivity contribution is 6.39. The fourth-order valence-corrected chi connectivity index (χ4v) is 3.97. The van der Waals surface area contributed by atoms with Crippen LogP contribution in [0.5, 0.6) is 0 Å². The van der Waals surface area contributed by atoms with E-state index >= 15 is 0 Å². The number of nitrogens with one attached hydrogen (secondary N) is 1. The van der Waals surface area contributed by atoms with Crippen LogP contribution in [0.1, 0.15) is 37.7 Å². The van der Waals surface area contributed by atoms with Crippen molar-refractivity contribution in [1.82, 2.24) is 19.7 Å². The second-order valence-corrected chi connectivity index (χ2v) is 7.19. The molecule has 3 heterocycles. The van der Waals surface area contributed by atoms with Gasteiger partial charge in [0.1, 0.15) is 0 Å². The molecule has 1 N–H and O–H groups in total. The molecule has 0 aromatic carbocycles. The number of likely N-dealkylation sites (tertiary alicyclic amines) is 1.